The van der Waals surface area contributed by atoms with Crippen LogP contribution in [0.15, 0.2) is 24.3 Å². The van der Waals surface area contributed by atoms with Crippen molar-refractivity contribution in [3.63, 3.8) is 0 Å². The number of benzene rings is 1. The van der Waals surface area contributed by atoms with E-state index in [1.807, 2.05) is 0 Å². The summed E-state index contributed by atoms with van der Waals surface area (Å²) in [4.78, 5) is 0. The van der Waals surface area contributed by atoms with E-state index in [4.69, 9.17) is 5.73 Å². The highest BCUT2D eigenvalue weighted by molar-refractivity contribution is 5.25. The highest BCUT2D eigenvalue weighted by Gasteiger charge is 2.25. The standard InChI is InChI=1S/C15H23N/c1-12-6-8-14(9-7-12)15(10-11-16)13-4-2-3-5-13/h6-9,13,15H,2-5,10-11,16H2,1H3. The molecule has 2 N–H and O–H groups in total. The van der Waals surface area contributed by atoms with Crippen molar-refractivity contribution in [3.05, 3.63) is 35.4 Å². The van der Waals surface area contributed by atoms with Crippen molar-refractivity contribution >= 4 is 0 Å². The summed E-state index contributed by atoms with van der Waals surface area (Å²) in [6, 6.07) is 9.06. The van der Waals surface area contributed by atoms with Crippen LogP contribution in [0.4, 0.5) is 0 Å². The molecule has 1 heteroatoms. The van der Waals surface area contributed by atoms with Gasteiger partial charge in [0.05, 0.1) is 0 Å². The monoisotopic (exact) mass is 217 g/mol. The predicted octanol–water partition coefficient (Wildman–Crippen LogP) is 3.62. The molecule has 1 fully saturated rings. The molecule has 1 atom stereocenters. The van der Waals surface area contributed by atoms with Gasteiger partial charge >= 0.3 is 0 Å². The van der Waals surface area contributed by atoms with Gasteiger partial charge in [-0.3, -0.25) is 0 Å². The average Bonchev–Trinajstić information content (AvgIpc) is 2.81. The molecule has 88 valence electrons. The van der Waals surface area contributed by atoms with Crippen LogP contribution in [0.3, 0.4) is 0 Å². The average molecular weight is 217 g/mol. The van der Waals surface area contributed by atoms with Gasteiger partial charge < -0.3 is 5.73 Å². The molecule has 1 aliphatic carbocycles. The Morgan fingerprint density at radius 2 is 1.81 bits per heavy atom. The molecule has 0 heterocycles. The smallest absolute Gasteiger partial charge is 0.00713 e. The summed E-state index contributed by atoms with van der Waals surface area (Å²) in [6.45, 7) is 2.96. The molecule has 1 aromatic carbocycles. The second kappa shape index (κ2) is 5.49. The highest BCUT2D eigenvalue weighted by atomic mass is 14.5. The fourth-order valence-corrected chi connectivity index (χ4v) is 3.03. The first-order valence-corrected chi connectivity index (χ1v) is 6.58. The van der Waals surface area contributed by atoms with Crippen LogP contribution in [0, 0.1) is 12.8 Å². The number of rotatable bonds is 4. The third-order valence-electron chi connectivity index (χ3n) is 3.95. The molecule has 0 aromatic heterocycles. The first-order chi connectivity index (χ1) is 7.81. The minimum Gasteiger partial charge on any atom is -0.330 e. The number of aryl methyl sites for hydroxylation is 1. The van der Waals surface area contributed by atoms with Crippen molar-refractivity contribution in [2.45, 2.75) is 44.9 Å². The van der Waals surface area contributed by atoms with E-state index in [1.165, 1.54) is 36.8 Å². The molecule has 1 nitrogen and oxygen atoms in total. The van der Waals surface area contributed by atoms with E-state index < -0.39 is 0 Å². The fraction of sp³-hybridized carbons (Fsp3) is 0.600. The van der Waals surface area contributed by atoms with Gasteiger partial charge in [0.1, 0.15) is 0 Å². The van der Waals surface area contributed by atoms with Gasteiger partial charge in [0.25, 0.3) is 0 Å². The normalized spacial score (nSPS) is 18.9. The molecule has 1 aromatic rings. The van der Waals surface area contributed by atoms with Gasteiger partial charge in [0.15, 0.2) is 0 Å². The maximum atomic E-state index is 5.76. The van der Waals surface area contributed by atoms with Crippen LogP contribution in [0.5, 0.6) is 0 Å². The van der Waals surface area contributed by atoms with Gasteiger partial charge in [0.2, 0.25) is 0 Å². The fourth-order valence-electron chi connectivity index (χ4n) is 3.03. The Morgan fingerprint density at radius 1 is 1.19 bits per heavy atom. The Balaban J connectivity index is 2.14. The Bertz CT molecular complexity index is 309. The van der Waals surface area contributed by atoms with Crippen LogP contribution >= 0.6 is 0 Å². The molecule has 1 unspecified atom stereocenters. The highest BCUT2D eigenvalue weighted by Crippen LogP contribution is 2.39. The van der Waals surface area contributed by atoms with Crippen LogP contribution in [-0.2, 0) is 0 Å². The summed E-state index contributed by atoms with van der Waals surface area (Å²) in [5.41, 5.74) is 8.62. The van der Waals surface area contributed by atoms with E-state index in [0.29, 0.717) is 5.92 Å². The quantitative estimate of drug-likeness (QED) is 0.819. The summed E-state index contributed by atoms with van der Waals surface area (Å²) in [5, 5.41) is 0. The molecule has 0 amide bonds. The second-order valence-corrected chi connectivity index (χ2v) is 5.14. The molecular formula is C15H23N. The molecule has 0 radical (unpaired) electrons. The first kappa shape index (κ1) is 11.7. The van der Waals surface area contributed by atoms with E-state index in [9.17, 15) is 0 Å². The zero-order valence-electron chi connectivity index (χ0n) is 10.3. The van der Waals surface area contributed by atoms with Crippen molar-refractivity contribution in [2.75, 3.05) is 6.54 Å². The van der Waals surface area contributed by atoms with Gasteiger partial charge in [-0.15, -0.1) is 0 Å². The maximum absolute atomic E-state index is 5.76. The summed E-state index contributed by atoms with van der Waals surface area (Å²) in [7, 11) is 0. The molecule has 0 saturated heterocycles. The Hall–Kier alpha value is -0.820. The lowest BCUT2D eigenvalue weighted by molar-refractivity contribution is 0.416. The molecule has 1 aliphatic rings. The minimum atomic E-state index is 0.702. The van der Waals surface area contributed by atoms with Gasteiger partial charge in [0, 0.05) is 0 Å². The molecular weight excluding hydrogens is 194 g/mol. The van der Waals surface area contributed by atoms with Gasteiger partial charge in [-0.05, 0) is 50.1 Å². The molecule has 1 saturated carbocycles. The summed E-state index contributed by atoms with van der Waals surface area (Å²) < 4.78 is 0. The second-order valence-electron chi connectivity index (χ2n) is 5.14. The van der Waals surface area contributed by atoms with Crippen LogP contribution in [0.2, 0.25) is 0 Å². The largest absolute Gasteiger partial charge is 0.330 e. The number of hydrogen-bond donors (Lipinski definition) is 1. The van der Waals surface area contributed by atoms with E-state index in [2.05, 4.69) is 31.2 Å². The van der Waals surface area contributed by atoms with E-state index in [-0.39, 0.29) is 0 Å². The Morgan fingerprint density at radius 3 is 2.38 bits per heavy atom. The molecule has 0 aliphatic heterocycles. The van der Waals surface area contributed by atoms with Crippen molar-refractivity contribution in [3.8, 4) is 0 Å². The van der Waals surface area contributed by atoms with Crippen LogP contribution in [-0.4, -0.2) is 6.54 Å². The third kappa shape index (κ3) is 2.65. The van der Waals surface area contributed by atoms with Crippen LogP contribution < -0.4 is 5.73 Å². The van der Waals surface area contributed by atoms with E-state index >= 15 is 0 Å². The summed E-state index contributed by atoms with van der Waals surface area (Å²) in [6.07, 6.45) is 6.78. The number of hydrogen-bond acceptors (Lipinski definition) is 1. The molecule has 16 heavy (non-hydrogen) atoms. The van der Waals surface area contributed by atoms with Crippen molar-refractivity contribution in [1.29, 1.82) is 0 Å². The maximum Gasteiger partial charge on any atom is -0.00713 e. The lowest BCUT2D eigenvalue weighted by Crippen LogP contribution is -2.14. The van der Waals surface area contributed by atoms with E-state index in [0.717, 1.165) is 18.9 Å². The van der Waals surface area contributed by atoms with Gasteiger partial charge in [-0.1, -0.05) is 42.7 Å². The molecule has 0 spiro atoms. The lowest BCUT2D eigenvalue weighted by atomic mass is 9.82. The Labute approximate surface area is 99.0 Å². The van der Waals surface area contributed by atoms with Crippen molar-refractivity contribution < 1.29 is 0 Å². The molecule has 2 rings (SSSR count). The number of nitrogens with two attached hydrogens (primary N) is 1. The first-order valence-electron chi connectivity index (χ1n) is 6.58. The summed E-state index contributed by atoms with van der Waals surface area (Å²) in [5.74, 6) is 1.58. The third-order valence-corrected chi connectivity index (χ3v) is 3.95. The van der Waals surface area contributed by atoms with Gasteiger partial charge in [-0.25, -0.2) is 0 Å². The van der Waals surface area contributed by atoms with Gasteiger partial charge in [-0.2, -0.15) is 0 Å². The molecule has 0 bridgehead atoms. The minimum absolute atomic E-state index is 0.702. The zero-order valence-corrected chi connectivity index (χ0v) is 10.3. The van der Waals surface area contributed by atoms with E-state index in [1.54, 1.807) is 0 Å². The predicted molar refractivity (Wildman–Crippen MR) is 69.5 cm³/mol. The Kier molecular flexibility index (Phi) is 4.00. The zero-order chi connectivity index (χ0) is 11.4. The lowest BCUT2D eigenvalue weighted by Gasteiger charge is -2.23. The SMILES string of the molecule is Cc1ccc(C(CCN)C2CCCC2)cc1. The van der Waals surface area contributed by atoms with Crippen LogP contribution in [0.1, 0.15) is 49.1 Å². The summed E-state index contributed by atoms with van der Waals surface area (Å²) >= 11 is 0. The van der Waals surface area contributed by atoms with Crippen molar-refractivity contribution in [1.82, 2.24) is 0 Å². The van der Waals surface area contributed by atoms with Crippen molar-refractivity contribution in [2.24, 2.45) is 11.7 Å². The van der Waals surface area contributed by atoms with Crippen LogP contribution in [0.25, 0.3) is 0 Å². The topological polar surface area (TPSA) is 26.0 Å².